The molecule has 7 heteroatoms. The van der Waals surface area contributed by atoms with Gasteiger partial charge in [0.25, 0.3) is 0 Å². The molecular weight excluding hydrogens is 254 g/mol. The predicted octanol–water partition coefficient (Wildman–Crippen LogP) is 2.00. The van der Waals surface area contributed by atoms with Crippen LogP contribution in [0, 0.1) is 0 Å². The number of hydrogen-bond acceptors (Lipinski definition) is 5. The molecule has 2 aromatic heterocycles. The first-order chi connectivity index (χ1) is 8.78. The number of hydrogen-bond donors (Lipinski definition) is 2. The Morgan fingerprint density at radius 2 is 2.33 bits per heavy atom. The zero-order valence-electron chi connectivity index (χ0n) is 9.98. The molecule has 0 fully saturated rings. The molecule has 96 valence electrons. The van der Waals surface area contributed by atoms with Gasteiger partial charge in [0, 0.05) is 25.1 Å². The van der Waals surface area contributed by atoms with Crippen molar-refractivity contribution in [2.75, 3.05) is 11.9 Å². The molecule has 0 spiro atoms. The molecule has 6 nitrogen and oxygen atoms in total. The van der Waals surface area contributed by atoms with Gasteiger partial charge in [-0.1, -0.05) is 11.6 Å². The van der Waals surface area contributed by atoms with Crippen LogP contribution in [0.2, 0.25) is 5.15 Å². The molecule has 0 unspecified atom stereocenters. The smallest absolute Gasteiger partial charge is 0.158 e. The molecule has 0 atom stereocenters. The summed E-state index contributed by atoms with van der Waals surface area (Å²) in [5, 5.41) is 3.51. The van der Waals surface area contributed by atoms with Gasteiger partial charge in [0.1, 0.15) is 23.4 Å². The van der Waals surface area contributed by atoms with Crippen molar-refractivity contribution in [3.8, 4) is 0 Å². The molecule has 0 saturated heterocycles. The van der Waals surface area contributed by atoms with E-state index in [0.717, 1.165) is 5.82 Å². The molecule has 2 rings (SSSR count). The highest BCUT2D eigenvalue weighted by Gasteiger charge is 2.04. The summed E-state index contributed by atoms with van der Waals surface area (Å²) in [7, 11) is 0. The van der Waals surface area contributed by atoms with E-state index in [1.54, 1.807) is 18.5 Å². The van der Waals surface area contributed by atoms with E-state index in [-0.39, 0.29) is 0 Å². The number of halogens is 1. The maximum absolute atomic E-state index is 5.92. The Labute approximate surface area is 110 Å². The number of aromatic nitrogens is 4. The summed E-state index contributed by atoms with van der Waals surface area (Å²) in [6.45, 7) is 3.44. The highest BCUT2D eigenvalue weighted by atomic mass is 35.5. The third-order valence-corrected chi connectivity index (χ3v) is 2.36. The number of H-pyrrole nitrogens is 1. The standard InChI is InChI=1S/C11H14ClN5O/c1-2-18-7-11-16-8(12)5-9(17-11)15-6-10-13-3-4-14-10/h3-5H,2,6-7H2,1H3,(H,13,14)(H,15,16,17). The van der Waals surface area contributed by atoms with Crippen LogP contribution < -0.4 is 5.32 Å². The first kappa shape index (κ1) is 12.8. The summed E-state index contributed by atoms with van der Waals surface area (Å²) >= 11 is 5.92. The number of anilines is 1. The number of nitrogens with zero attached hydrogens (tertiary/aromatic N) is 3. The maximum Gasteiger partial charge on any atom is 0.158 e. The van der Waals surface area contributed by atoms with Crippen molar-refractivity contribution in [1.29, 1.82) is 0 Å². The third-order valence-electron chi connectivity index (χ3n) is 2.17. The van der Waals surface area contributed by atoms with Gasteiger partial charge in [0.15, 0.2) is 5.82 Å². The molecule has 2 heterocycles. The quantitative estimate of drug-likeness (QED) is 0.783. The van der Waals surface area contributed by atoms with Crippen LogP contribution >= 0.6 is 11.6 Å². The van der Waals surface area contributed by atoms with Gasteiger partial charge >= 0.3 is 0 Å². The number of ether oxygens (including phenoxy) is 1. The van der Waals surface area contributed by atoms with Gasteiger partial charge in [-0.25, -0.2) is 15.0 Å². The molecule has 2 aromatic rings. The lowest BCUT2D eigenvalue weighted by Gasteiger charge is -2.06. The van der Waals surface area contributed by atoms with Crippen molar-refractivity contribution in [2.45, 2.75) is 20.1 Å². The van der Waals surface area contributed by atoms with E-state index in [4.69, 9.17) is 16.3 Å². The Morgan fingerprint density at radius 3 is 3.06 bits per heavy atom. The number of aromatic amines is 1. The third kappa shape index (κ3) is 3.68. The summed E-state index contributed by atoms with van der Waals surface area (Å²) < 4.78 is 5.25. The summed E-state index contributed by atoms with van der Waals surface area (Å²) in [6, 6.07) is 1.67. The first-order valence-electron chi connectivity index (χ1n) is 5.61. The largest absolute Gasteiger partial charge is 0.374 e. The summed E-state index contributed by atoms with van der Waals surface area (Å²) in [6.07, 6.45) is 3.47. The van der Waals surface area contributed by atoms with Crippen molar-refractivity contribution in [1.82, 2.24) is 19.9 Å². The van der Waals surface area contributed by atoms with E-state index < -0.39 is 0 Å². The van der Waals surface area contributed by atoms with E-state index in [1.165, 1.54) is 0 Å². The second kappa shape index (κ2) is 6.32. The maximum atomic E-state index is 5.92. The molecule has 18 heavy (non-hydrogen) atoms. The van der Waals surface area contributed by atoms with Gasteiger partial charge in [-0.2, -0.15) is 0 Å². The van der Waals surface area contributed by atoms with E-state index >= 15 is 0 Å². The fourth-order valence-electron chi connectivity index (χ4n) is 1.38. The number of rotatable bonds is 6. The SMILES string of the molecule is CCOCc1nc(Cl)cc(NCc2ncc[nH]2)n1. The number of nitrogens with one attached hydrogen (secondary N) is 2. The van der Waals surface area contributed by atoms with Crippen LogP contribution in [-0.2, 0) is 17.9 Å². The summed E-state index contributed by atoms with van der Waals surface area (Å²) in [5.74, 6) is 2.04. The van der Waals surface area contributed by atoms with Gasteiger partial charge in [0.2, 0.25) is 0 Å². The van der Waals surface area contributed by atoms with Crippen LogP contribution in [0.25, 0.3) is 0 Å². The second-order valence-electron chi connectivity index (χ2n) is 3.52. The van der Waals surface area contributed by atoms with E-state index in [9.17, 15) is 0 Å². The van der Waals surface area contributed by atoms with Gasteiger partial charge in [-0.05, 0) is 6.92 Å². The Balaban J connectivity index is 2.00. The monoisotopic (exact) mass is 267 g/mol. The fraction of sp³-hybridized carbons (Fsp3) is 0.364. The zero-order chi connectivity index (χ0) is 12.8. The van der Waals surface area contributed by atoms with Crippen LogP contribution in [0.3, 0.4) is 0 Å². The van der Waals surface area contributed by atoms with Crippen LogP contribution in [0.1, 0.15) is 18.6 Å². The molecule has 2 N–H and O–H groups in total. The minimum absolute atomic E-state index is 0.354. The Morgan fingerprint density at radius 1 is 1.44 bits per heavy atom. The van der Waals surface area contributed by atoms with Crippen molar-refractivity contribution in [3.05, 3.63) is 35.3 Å². The van der Waals surface area contributed by atoms with Crippen LogP contribution in [0.4, 0.5) is 5.82 Å². The molecule has 0 aliphatic carbocycles. The highest BCUT2D eigenvalue weighted by Crippen LogP contribution is 2.12. The van der Waals surface area contributed by atoms with Gasteiger partial charge in [0.05, 0.1) is 6.54 Å². The molecule has 0 aliphatic heterocycles. The second-order valence-corrected chi connectivity index (χ2v) is 3.91. The Hall–Kier alpha value is -1.66. The molecular formula is C11H14ClN5O. The van der Waals surface area contributed by atoms with E-state index in [0.29, 0.717) is 36.6 Å². The average molecular weight is 268 g/mol. The highest BCUT2D eigenvalue weighted by molar-refractivity contribution is 6.29. The minimum atomic E-state index is 0.354. The van der Waals surface area contributed by atoms with Gasteiger partial charge in [-0.15, -0.1) is 0 Å². The Kier molecular flexibility index (Phi) is 4.49. The van der Waals surface area contributed by atoms with Crippen molar-refractivity contribution >= 4 is 17.4 Å². The topological polar surface area (TPSA) is 75.7 Å². The normalized spacial score (nSPS) is 10.6. The summed E-state index contributed by atoms with van der Waals surface area (Å²) in [4.78, 5) is 15.5. The molecule has 0 aliphatic rings. The first-order valence-corrected chi connectivity index (χ1v) is 5.99. The summed E-state index contributed by atoms with van der Waals surface area (Å²) in [5.41, 5.74) is 0. The van der Waals surface area contributed by atoms with Crippen molar-refractivity contribution < 1.29 is 4.74 Å². The van der Waals surface area contributed by atoms with E-state index in [1.807, 2.05) is 6.92 Å². The fourth-order valence-corrected chi connectivity index (χ4v) is 1.58. The predicted molar refractivity (Wildman–Crippen MR) is 68.3 cm³/mol. The van der Waals surface area contributed by atoms with Crippen LogP contribution in [0.15, 0.2) is 18.5 Å². The molecule has 0 amide bonds. The van der Waals surface area contributed by atoms with Crippen molar-refractivity contribution in [2.24, 2.45) is 0 Å². The van der Waals surface area contributed by atoms with Gasteiger partial charge in [-0.3, -0.25) is 0 Å². The minimum Gasteiger partial charge on any atom is -0.374 e. The van der Waals surface area contributed by atoms with Gasteiger partial charge < -0.3 is 15.0 Å². The molecule has 0 bridgehead atoms. The van der Waals surface area contributed by atoms with Crippen LogP contribution in [0.5, 0.6) is 0 Å². The van der Waals surface area contributed by atoms with E-state index in [2.05, 4.69) is 25.3 Å². The molecule has 0 radical (unpaired) electrons. The lowest BCUT2D eigenvalue weighted by atomic mass is 10.5. The number of imidazole rings is 1. The lowest BCUT2D eigenvalue weighted by Crippen LogP contribution is -2.06. The lowest BCUT2D eigenvalue weighted by molar-refractivity contribution is 0.128. The van der Waals surface area contributed by atoms with Crippen LogP contribution in [-0.4, -0.2) is 26.5 Å². The Bertz CT molecular complexity index is 488. The molecule has 0 saturated carbocycles. The van der Waals surface area contributed by atoms with Crippen molar-refractivity contribution in [3.63, 3.8) is 0 Å². The zero-order valence-corrected chi connectivity index (χ0v) is 10.7. The average Bonchev–Trinajstić information content (AvgIpc) is 2.86. The molecule has 0 aromatic carbocycles.